The molecular formula is C61H98O19. The highest BCUT2D eigenvalue weighted by Gasteiger charge is 2.71. The van der Waals surface area contributed by atoms with E-state index in [1.165, 1.54) is 5.57 Å². The van der Waals surface area contributed by atoms with Gasteiger partial charge in [-0.15, -0.1) is 0 Å². The van der Waals surface area contributed by atoms with Crippen LogP contribution in [0.15, 0.2) is 23.3 Å². The first kappa shape index (κ1) is 62.5. The first-order valence-corrected chi connectivity index (χ1v) is 30.1. The number of allylic oxidation sites excluding steroid dienone is 2. The third-order valence-electron chi connectivity index (χ3n) is 21.1. The summed E-state index contributed by atoms with van der Waals surface area (Å²) in [4.78, 5) is 26.6. The maximum Gasteiger partial charge on any atom is 0.333 e. The Kier molecular flexibility index (Phi) is 19.9. The normalized spacial score (nSPS) is 49.9. The molecule has 9 rings (SSSR count). The molecule has 5 saturated heterocycles. The minimum absolute atomic E-state index is 0.0358. The quantitative estimate of drug-likeness (QED) is 0.0824. The lowest BCUT2D eigenvalue weighted by Gasteiger charge is -2.63. The molecule has 19 heteroatoms. The second-order valence-corrected chi connectivity index (χ2v) is 25.6. The van der Waals surface area contributed by atoms with Gasteiger partial charge in [-0.3, -0.25) is 4.79 Å². The van der Waals surface area contributed by atoms with E-state index in [0.717, 1.165) is 19.3 Å². The van der Waals surface area contributed by atoms with Crippen LogP contribution in [0.5, 0.6) is 0 Å². The van der Waals surface area contributed by atoms with Crippen LogP contribution in [-0.4, -0.2) is 185 Å². The molecule has 80 heavy (non-hydrogen) atoms. The summed E-state index contributed by atoms with van der Waals surface area (Å²) in [6.45, 7) is 21.2. The molecule has 0 aromatic carbocycles. The van der Waals surface area contributed by atoms with Crippen molar-refractivity contribution in [3.8, 4) is 0 Å². The van der Waals surface area contributed by atoms with Crippen LogP contribution in [0.3, 0.4) is 0 Å². The SMILES string of the molecule is C/C=C(\C)C(=O)O[C@@H]1CC2C(CC=C3C[C@@H](OC4CC(OC)C(OC5CC(OC)C(OC6CC(OC)C(OC7CC(OC)C(OC8CC(C)C(O)C(C)O8)C(C)O7)C(C)O6)C(C)O5)C(C)O4)CC[C@@]32C)[C@@]2(O)CCC(C(C)=O)[C@@]12C. The molecule has 4 aliphatic carbocycles. The molecular weight excluding hydrogens is 1040 g/mol. The van der Waals surface area contributed by atoms with Gasteiger partial charge in [0.2, 0.25) is 0 Å². The van der Waals surface area contributed by atoms with E-state index >= 15 is 0 Å². The predicted molar refractivity (Wildman–Crippen MR) is 290 cm³/mol. The van der Waals surface area contributed by atoms with Gasteiger partial charge in [0.25, 0.3) is 0 Å². The van der Waals surface area contributed by atoms with Gasteiger partial charge in [-0.05, 0) is 124 Å². The van der Waals surface area contributed by atoms with Gasteiger partial charge in [-0.1, -0.05) is 38.5 Å². The molecule has 0 spiro atoms. The van der Waals surface area contributed by atoms with Crippen molar-refractivity contribution in [2.75, 3.05) is 28.4 Å². The Bertz CT molecular complexity index is 2170. The molecule has 0 aromatic rings. The first-order chi connectivity index (χ1) is 38.0. The molecule has 2 N–H and O–H groups in total. The summed E-state index contributed by atoms with van der Waals surface area (Å²) in [5, 5.41) is 23.3. The molecule has 5 aliphatic heterocycles. The third-order valence-corrected chi connectivity index (χ3v) is 21.1. The van der Waals surface area contributed by atoms with Crippen LogP contribution in [0.4, 0.5) is 0 Å². The summed E-state index contributed by atoms with van der Waals surface area (Å²) in [7, 11) is 6.68. The molecule has 8 fully saturated rings. The number of rotatable bonds is 17. The fourth-order valence-electron chi connectivity index (χ4n) is 16.2. The molecule has 19 nitrogen and oxygen atoms in total. The second kappa shape index (κ2) is 25.5. The van der Waals surface area contributed by atoms with Gasteiger partial charge >= 0.3 is 5.97 Å². The highest BCUT2D eigenvalue weighted by Crippen LogP contribution is 2.69. The molecule has 0 aromatic heterocycles. The molecule has 456 valence electrons. The number of aliphatic hydroxyl groups is 2. The minimum Gasteiger partial charge on any atom is -0.458 e. The van der Waals surface area contributed by atoms with Crippen LogP contribution in [-0.2, 0) is 80.6 Å². The van der Waals surface area contributed by atoms with Crippen molar-refractivity contribution in [1.29, 1.82) is 0 Å². The number of carbonyl (C=O) groups excluding carboxylic acids is 2. The van der Waals surface area contributed by atoms with Crippen molar-refractivity contribution >= 4 is 11.8 Å². The summed E-state index contributed by atoms with van der Waals surface area (Å²) in [5.74, 6) is -0.701. The van der Waals surface area contributed by atoms with Gasteiger partial charge in [0.05, 0.1) is 72.7 Å². The van der Waals surface area contributed by atoms with Crippen LogP contribution < -0.4 is 0 Å². The van der Waals surface area contributed by atoms with E-state index in [-0.39, 0.29) is 83.7 Å². The zero-order valence-electron chi connectivity index (χ0n) is 50.4. The number of hydrogen-bond acceptors (Lipinski definition) is 19. The number of methoxy groups -OCH3 is 4. The van der Waals surface area contributed by atoms with Gasteiger partial charge in [-0.2, -0.15) is 0 Å². The van der Waals surface area contributed by atoms with Crippen molar-refractivity contribution in [2.45, 2.75) is 288 Å². The largest absolute Gasteiger partial charge is 0.458 e. The van der Waals surface area contributed by atoms with Crippen molar-refractivity contribution in [3.05, 3.63) is 23.3 Å². The first-order valence-electron chi connectivity index (χ1n) is 30.1. The number of ketones is 1. The van der Waals surface area contributed by atoms with Crippen LogP contribution in [0.25, 0.3) is 0 Å². The Hall–Kier alpha value is -2.02. The summed E-state index contributed by atoms with van der Waals surface area (Å²) in [6, 6.07) is 0. The van der Waals surface area contributed by atoms with Crippen molar-refractivity contribution < 1.29 is 90.9 Å². The number of aliphatic hydroxyl groups excluding tert-OH is 1. The third kappa shape index (κ3) is 12.1. The second-order valence-electron chi connectivity index (χ2n) is 25.6. The fraction of sp³-hybridized carbons (Fsp3) is 0.902. The van der Waals surface area contributed by atoms with Gasteiger partial charge < -0.3 is 81.3 Å². The Balaban J connectivity index is 0.764. The number of hydrogen-bond donors (Lipinski definition) is 2. The topological polar surface area (TPSA) is 213 Å². The van der Waals surface area contributed by atoms with Crippen LogP contribution in [0.2, 0.25) is 0 Å². The Labute approximate surface area is 475 Å². The van der Waals surface area contributed by atoms with E-state index in [1.807, 2.05) is 55.4 Å². The number of fused-ring (bicyclic) bond motifs is 5. The molecule has 0 bridgehead atoms. The van der Waals surface area contributed by atoms with E-state index in [2.05, 4.69) is 13.0 Å². The molecule has 9 aliphatic rings. The maximum absolute atomic E-state index is 13.4. The van der Waals surface area contributed by atoms with E-state index in [0.29, 0.717) is 63.4 Å². The lowest BCUT2D eigenvalue weighted by atomic mass is 9.45. The smallest absolute Gasteiger partial charge is 0.333 e. The maximum atomic E-state index is 13.4. The van der Waals surface area contributed by atoms with Gasteiger partial charge in [0.15, 0.2) is 31.5 Å². The molecule has 0 radical (unpaired) electrons. The van der Waals surface area contributed by atoms with Crippen molar-refractivity contribution in [1.82, 2.24) is 0 Å². The summed E-state index contributed by atoms with van der Waals surface area (Å²) >= 11 is 0. The fourth-order valence-corrected chi connectivity index (χ4v) is 16.2. The summed E-state index contributed by atoms with van der Waals surface area (Å²) in [6.07, 6.45) is 1.79. The molecule has 23 unspecified atom stereocenters. The molecule has 28 atom stereocenters. The lowest BCUT2D eigenvalue weighted by Crippen LogP contribution is -2.66. The van der Waals surface area contributed by atoms with E-state index < -0.39 is 97.3 Å². The Morgan fingerprint density at radius 2 is 1.04 bits per heavy atom. The van der Waals surface area contributed by atoms with Gasteiger partial charge in [-0.25, -0.2) is 4.79 Å². The Morgan fingerprint density at radius 3 is 1.46 bits per heavy atom. The number of Topliss-reactive ketones (excluding diaryl/α,β-unsaturated/α-hetero) is 1. The number of ether oxygens (including phenoxy) is 15. The highest BCUT2D eigenvalue weighted by atomic mass is 16.8. The monoisotopic (exact) mass is 1130 g/mol. The van der Waals surface area contributed by atoms with E-state index in [4.69, 9.17) is 71.1 Å². The predicted octanol–water partition coefficient (Wildman–Crippen LogP) is 7.41. The average molecular weight is 1140 g/mol. The van der Waals surface area contributed by atoms with Crippen LogP contribution >= 0.6 is 0 Å². The average Bonchev–Trinajstić information content (AvgIpc) is 3.74. The zero-order chi connectivity index (χ0) is 57.7. The Morgan fingerprint density at radius 1 is 0.600 bits per heavy atom. The number of carbonyl (C=O) groups is 2. The highest BCUT2D eigenvalue weighted by molar-refractivity contribution is 5.88. The standard InChI is InChI=1S/C61H98O19/c1-16-30(2)58(64)76-47-25-42-41(61(65)22-20-40(32(4)62)60(47,61)11)18-17-38-24-39(19-21-59(38,42)10)75-49-26-43(66-12)55(34(6)71-49)78-51-28-45(68-14)57(36(8)73-51)80-52-29-46(69-15)56(37(9)74-52)79-50-27-44(67-13)54(35(7)72-50)77-48-23-31(3)53(63)33(5)70-48/h16-17,31,33-37,39-57,63,65H,18-29H2,1-15H3/b30-16+/t31?,33?,34?,35?,36?,37?,39-,40?,41?,42?,43?,44?,45?,46?,47+,48?,49?,50?,51?,52?,53?,54?,55?,56?,57?,59-,60-,61-/m0/s1. The van der Waals surface area contributed by atoms with E-state index in [9.17, 15) is 19.8 Å². The van der Waals surface area contributed by atoms with Crippen molar-refractivity contribution in [3.63, 3.8) is 0 Å². The molecule has 3 saturated carbocycles. The zero-order valence-corrected chi connectivity index (χ0v) is 50.4. The van der Waals surface area contributed by atoms with Crippen LogP contribution in [0, 0.1) is 34.5 Å². The van der Waals surface area contributed by atoms with Gasteiger partial charge in [0.1, 0.15) is 36.3 Å². The summed E-state index contributed by atoms with van der Waals surface area (Å²) in [5.41, 5.74) is -0.451. The number of esters is 1. The van der Waals surface area contributed by atoms with Gasteiger partial charge in [0, 0.05) is 77.4 Å². The van der Waals surface area contributed by atoms with Crippen molar-refractivity contribution in [2.24, 2.45) is 34.5 Å². The molecule has 5 heterocycles. The minimum atomic E-state index is -1.15. The lowest BCUT2D eigenvalue weighted by molar-refractivity contribution is -0.351. The van der Waals surface area contributed by atoms with E-state index in [1.54, 1.807) is 48.4 Å². The summed E-state index contributed by atoms with van der Waals surface area (Å²) < 4.78 is 95.9. The van der Waals surface area contributed by atoms with Crippen LogP contribution in [0.1, 0.15) is 153 Å². The molecule has 0 amide bonds.